The number of phenolic OH excluding ortho intramolecular Hbond substituents is 1. The molecule has 0 radical (unpaired) electrons. The fraction of sp³-hybridized carbons (Fsp3) is 0.394. The molecule has 1 aliphatic carbocycles. The molecule has 0 amide bonds. The Bertz CT molecular complexity index is 1400. The van der Waals surface area contributed by atoms with Gasteiger partial charge in [0, 0.05) is 30.0 Å². The first-order valence-electron chi connectivity index (χ1n) is 13.8. The highest BCUT2D eigenvalue weighted by molar-refractivity contribution is 5.63. The number of carbonyl (C=O) groups is 1. The lowest BCUT2D eigenvalue weighted by Gasteiger charge is -2.17. The van der Waals surface area contributed by atoms with Crippen molar-refractivity contribution >= 4 is 5.97 Å². The second-order valence-electron chi connectivity index (χ2n) is 11.0. The van der Waals surface area contributed by atoms with E-state index in [2.05, 4.69) is 13.0 Å². The quantitative estimate of drug-likeness (QED) is 0.294. The molecule has 7 nitrogen and oxygen atoms in total. The average Bonchev–Trinajstić information content (AvgIpc) is 3.53. The van der Waals surface area contributed by atoms with E-state index in [-0.39, 0.29) is 11.6 Å². The molecule has 2 aliphatic rings. The van der Waals surface area contributed by atoms with Crippen LogP contribution in [0.2, 0.25) is 0 Å². The number of carboxylic acid groups (broad SMARTS) is 1. The van der Waals surface area contributed by atoms with Crippen molar-refractivity contribution in [1.82, 2.24) is 0 Å². The van der Waals surface area contributed by atoms with Gasteiger partial charge in [0.15, 0.2) is 0 Å². The minimum Gasteiger partial charge on any atom is -0.508 e. The van der Waals surface area contributed by atoms with Crippen LogP contribution in [0.3, 0.4) is 0 Å². The standard InChI is InChI=1S/C22H24FNO2.C9H10O2.C2H4O2/c1-22(2,25)12-4-5-15-8-9-16(14-24)21(13-15)26-20-11-10-19(23)17-6-3-7-18(17)20;1-6-5-11-9-4-7(10)2-3-8(6)9;1-2(3)4/h8-11,13,25H,3-7,12H2,1-2H3;2-4,6,10H,5H2,1H3;1H3,(H,3,4). The summed E-state index contributed by atoms with van der Waals surface area (Å²) in [7, 11) is 0. The highest BCUT2D eigenvalue weighted by Crippen LogP contribution is 2.37. The first kappa shape index (κ1) is 31.4. The summed E-state index contributed by atoms with van der Waals surface area (Å²) in [5.74, 6) is 1.71. The van der Waals surface area contributed by atoms with Crippen molar-refractivity contribution in [2.75, 3.05) is 6.61 Å². The maximum absolute atomic E-state index is 13.9. The van der Waals surface area contributed by atoms with Crippen LogP contribution >= 0.6 is 0 Å². The fourth-order valence-corrected chi connectivity index (χ4v) is 4.83. The van der Waals surface area contributed by atoms with Crippen LogP contribution in [0, 0.1) is 17.1 Å². The molecule has 1 aliphatic heterocycles. The third-order valence-corrected chi connectivity index (χ3v) is 6.84. The zero-order chi connectivity index (χ0) is 30.2. The van der Waals surface area contributed by atoms with E-state index in [1.54, 1.807) is 38.1 Å². The molecular formula is C33H38FNO6. The monoisotopic (exact) mass is 563 g/mol. The molecule has 8 heteroatoms. The van der Waals surface area contributed by atoms with E-state index in [1.165, 1.54) is 11.6 Å². The number of nitriles is 1. The van der Waals surface area contributed by atoms with Gasteiger partial charge in [0.2, 0.25) is 0 Å². The van der Waals surface area contributed by atoms with Gasteiger partial charge >= 0.3 is 0 Å². The van der Waals surface area contributed by atoms with Crippen LogP contribution in [-0.4, -0.2) is 33.5 Å². The first-order valence-corrected chi connectivity index (χ1v) is 13.8. The Morgan fingerprint density at radius 1 is 1.12 bits per heavy atom. The van der Waals surface area contributed by atoms with Gasteiger partial charge in [-0.3, -0.25) is 4.79 Å². The highest BCUT2D eigenvalue weighted by atomic mass is 19.1. The van der Waals surface area contributed by atoms with Crippen molar-refractivity contribution in [1.29, 1.82) is 5.26 Å². The molecule has 1 unspecified atom stereocenters. The van der Waals surface area contributed by atoms with Crippen LogP contribution in [0.4, 0.5) is 4.39 Å². The summed E-state index contributed by atoms with van der Waals surface area (Å²) in [4.78, 5) is 9.00. The number of aliphatic carboxylic acids is 1. The topological polar surface area (TPSA) is 120 Å². The van der Waals surface area contributed by atoms with Crippen molar-refractivity contribution in [3.05, 3.63) is 82.2 Å². The maximum atomic E-state index is 13.9. The second kappa shape index (κ2) is 14.0. The van der Waals surface area contributed by atoms with Gasteiger partial charge in [-0.05, 0) is 93.8 Å². The molecule has 0 spiro atoms. The van der Waals surface area contributed by atoms with Crippen molar-refractivity contribution in [2.24, 2.45) is 0 Å². The molecule has 1 heterocycles. The molecule has 0 aromatic heterocycles. The Hall–Kier alpha value is -4.09. The smallest absolute Gasteiger partial charge is 0.300 e. The SMILES string of the molecule is CC(=O)O.CC(C)(O)CCCc1ccc(C#N)c(Oc2ccc(F)c3c2CCC3)c1.CC1COc2cc(O)ccc21. The number of carboxylic acids is 1. The van der Waals surface area contributed by atoms with Crippen molar-refractivity contribution in [3.8, 4) is 29.1 Å². The first-order chi connectivity index (χ1) is 19.4. The Labute approximate surface area is 240 Å². The van der Waals surface area contributed by atoms with Crippen LogP contribution in [0.25, 0.3) is 0 Å². The van der Waals surface area contributed by atoms with Crippen molar-refractivity contribution in [2.45, 2.75) is 77.7 Å². The third kappa shape index (κ3) is 9.22. The third-order valence-electron chi connectivity index (χ3n) is 6.84. The predicted molar refractivity (Wildman–Crippen MR) is 154 cm³/mol. The zero-order valence-electron chi connectivity index (χ0n) is 24.0. The number of rotatable bonds is 6. The van der Waals surface area contributed by atoms with Gasteiger partial charge in [-0.25, -0.2) is 4.39 Å². The van der Waals surface area contributed by atoms with Gasteiger partial charge in [0.05, 0.1) is 17.8 Å². The van der Waals surface area contributed by atoms with E-state index in [0.29, 0.717) is 29.4 Å². The molecule has 0 fully saturated rings. The molecule has 3 aromatic carbocycles. The summed E-state index contributed by atoms with van der Waals surface area (Å²) < 4.78 is 25.3. The molecule has 0 saturated carbocycles. The summed E-state index contributed by atoms with van der Waals surface area (Å²) in [6, 6.07) is 16.1. The summed E-state index contributed by atoms with van der Waals surface area (Å²) >= 11 is 0. The largest absolute Gasteiger partial charge is 0.508 e. The lowest BCUT2D eigenvalue weighted by Crippen LogP contribution is -2.18. The number of aryl methyl sites for hydroxylation is 1. The van der Waals surface area contributed by atoms with E-state index in [0.717, 1.165) is 68.1 Å². The molecular weight excluding hydrogens is 525 g/mol. The van der Waals surface area contributed by atoms with E-state index in [9.17, 15) is 14.8 Å². The molecule has 3 N–H and O–H groups in total. The van der Waals surface area contributed by atoms with Gasteiger partial charge in [-0.2, -0.15) is 5.26 Å². The van der Waals surface area contributed by atoms with Gasteiger partial charge < -0.3 is 24.8 Å². The van der Waals surface area contributed by atoms with Gasteiger partial charge in [-0.15, -0.1) is 0 Å². The van der Waals surface area contributed by atoms with Crippen LogP contribution in [-0.2, 0) is 24.1 Å². The van der Waals surface area contributed by atoms with Crippen LogP contribution in [0.5, 0.6) is 23.0 Å². The number of phenols is 1. The molecule has 41 heavy (non-hydrogen) atoms. The number of ether oxygens (including phenoxy) is 2. The van der Waals surface area contributed by atoms with Crippen molar-refractivity contribution in [3.63, 3.8) is 0 Å². The van der Waals surface area contributed by atoms with E-state index >= 15 is 0 Å². The summed E-state index contributed by atoms with van der Waals surface area (Å²) in [6.07, 6.45) is 4.81. The number of aliphatic hydroxyl groups is 1. The number of hydrogen-bond donors (Lipinski definition) is 3. The fourth-order valence-electron chi connectivity index (χ4n) is 4.83. The van der Waals surface area contributed by atoms with Crippen molar-refractivity contribution < 1.29 is 34.0 Å². The van der Waals surface area contributed by atoms with E-state index < -0.39 is 11.6 Å². The van der Waals surface area contributed by atoms with E-state index in [1.807, 2.05) is 18.2 Å². The number of nitrogens with zero attached hydrogens (tertiary/aromatic N) is 1. The summed E-state index contributed by atoms with van der Waals surface area (Å²) in [5.41, 5.74) is 3.70. The van der Waals surface area contributed by atoms with Gasteiger partial charge in [0.25, 0.3) is 5.97 Å². The van der Waals surface area contributed by atoms with Crippen LogP contribution in [0.1, 0.15) is 80.7 Å². The molecule has 0 saturated heterocycles. The second-order valence-corrected chi connectivity index (χ2v) is 11.0. The van der Waals surface area contributed by atoms with Crippen LogP contribution in [0.15, 0.2) is 48.5 Å². The summed E-state index contributed by atoms with van der Waals surface area (Å²) in [6.45, 7) is 7.53. The Balaban J connectivity index is 0.000000252. The number of benzene rings is 3. The van der Waals surface area contributed by atoms with Crippen LogP contribution < -0.4 is 9.47 Å². The maximum Gasteiger partial charge on any atom is 0.300 e. The molecule has 0 bridgehead atoms. The Morgan fingerprint density at radius 2 is 1.83 bits per heavy atom. The average molecular weight is 564 g/mol. The highest BCUT2D eigenvalue weighted by Gasteiger charge is 2.21. The Morgan fingerprint density at radius 3 is 2.51 bits per heavy atom. The number of aromatic hydroxyl groups is 1. The summed E-state index contributed by atoms with van der Waals surface area (Å²) in [5, 5.41) is 35.7. The molecule has 218 valence electrons. The lowest BCUT2D eigenvalue weighted by atomic mass is 9.98. The minimum atomic E-state index is -0.833. The lowest BCUT2D eigenvalue weighted by molar-refractivity contribution is -0.134. The number of hydrogen-bond acceptors (Lipinski definition) is 6. The van der Waals surface area contributed by atoms with Gasteiger partial charge in [-0.1, -0.05) is 19.1 Å². The zero-order valence-corrected chi connectivity index (χ0v) is 24.0. The minimum absolute atomic E-state index is 0.175. The van der Waals surface area contributed by atoms with E-state index in [4.69, 9.17) is 24.5 Å². The van der Waals surface area contributed by atoms with Gasteiger partial charge in [0.1, 0.15) is 34.9 Å². The number of halogens is 1. The predicted octanol–water partition coefficient (Wildman–Crippen LogP) is 7.05. The molecule has 3 aromatic rings. The normalized spacial score (nSPS) is 14.7. The Kier molecular flexibility index (Phi) is 10.7. The molecule has 1 atom stereocenters. The number of fused-ring (bicyclic) bond motifs is 2. The molecule has 5 rings (SSSR count).